The van der Waals surface area contributed by atoms with Gasteiger partial charge in [-0.15, -0.1) is 0 Å². The Hall–Kier alpha value is -3.26. The van der Waals surface area contributed by atoms with Gasteiger partial charge in [-0.1, -0.05) is 0 Å². The molecule has 0 bridgehead atoms. The van der Waals surface area contributed by atoms with Crippen molar-refractivity contribution in [3.63, 3.8) is 0 Å². The number of rotatable bonds is 8. The number of hydrogen-bond donors (Lipinski definition) is 0. The second-order valence-electron chi connectivity index (χ2n) is 8.73. The summed E-state index contributed by atoms with van der Waals surface area (Å²) in [7, 11) is 0. The van der Waals surface area contributed by atoms with Crippen molar-refractivity contribution in [2.24, 2.45) is 0 Å². The molecule has 0 N–H and O–H groups in total. The molecule has 0 saturated carbocycles. The lowest BCUT2D eigenvalue weighted by Gasteiger charge is -2.36. The van der Waals surface area contributed by atoms with Gasteiger partial charge in [-0.3, -0.25) is 4.90 Å². The van der Waals surface area contributed by atoms with Crippen molar-refractivity contribution in [2.45, 2.75) is 26.3 Å². The van der Waals surface area contributed by atoms with E-state index < -0.39 is 0 Å². The SMILES string of the molecule is CCOC(=O)c1ccc2c(c1)ncn2CCCCN1CCN(c2ccc3c(c2)OCCO3)CC1. The van der Waals surface area contributed by atoms with Crippen molar-refractivity contribution < 1.29 is 19.0 Å². The third-order valence-electron chi connectivity index (χ3n) is 6.52. The lowest BCUT2D eigenvalue weighted by molar-refractivity contribution is 0.0526. The molecule has 1 fully saturated rings. The van der Waals surface area contributed by atoms with E-state index in [1.807, 2.05) is 37.5 Å². The number of ether oxygens (including phenoxy) is 3. The van der Waals surface area contributed by atoms with E-state index in [0.717, 1.165) is 74.6 Å². The van der Waals surface area contributed by atoms with Crippen LogP contribution in [0.25, 0.3) is 11.0 Å². The van der Waals surface area contributed by atoms with Gasteiger partial charge in [0.2, 0.25) is 0 Å². The molecule has 0 spiro atoms. The third-order valence-corrected chi connectivity index (χ3v) is 6.52. The fourth-order valence-electron chi connectivity index (χ4n) is 4.66. The average molecular weight is 465 g/mol. The van der Waals surface area contributed by atoms with Crippen LogP contribution in [0.3, 0.4) is 0 Å². The van der Waals surface area contributed by atoms with Crippen molar-refractivity contribution in [1.29, 1.82) is 0 Å². The van der Waals surface area contributed by atoms with Gasteiger partial charge in [0.05, 0.1) is 29.5 Å². The minimum Gasteiger partial charge on any atom is -0.486 e. The van der Waals surface area contributed by atoms with Crippen LogP contribution in [0.15, 0.2) is 42.7 Å². The summed E-state index contributed by atoms with van der Waals surface area (Å²) >= 11 is 0. The maximum absolute atomic E-state index is 11.9. The van der Waals surface area contributed by atoms with Crippen LogP contribution in [-0.4, -0.2) is 73.0 Å². The molecule has 3 aromatic rings. The molecule has 5 rings (SSSR count). The van der Waals surface area contributed by atoms with Crippen LogP contribution in [-0.2, 0) is 11.3 Å². The summed E-state index contributed by atoms with van der Waals surface area (Å²) in [6, 6.07) is 11.9. The Bertz CT molecular complexity index is 1140. The highest BCUT2D eigenvalue weighted by molar-refractivity contribution is 5.93. The first kappa shape index (κ1) is 22.5. The van der Waals surface area contributed by atoms with Crippen molar-refractivity contribution in [1.82, 2.24) is 14.5 Å². The number of imidazole rings is 1. The Labute approximate surface area is 200 Å². The number of benzene rings is 2. The molecule has 2 aliphatic heterocycles. The first-order valence-corrected chi connectivity index (χ1v) is 12.2. The molecule has 0 atom stereocenters. The first-order chi connectivity index (χ1) is 16.7. The molecular formula is C26H32N4O4. The Morgan fingerprint density at radius 3 is 2.59 bits per heavy atom. The molecular weight excluding hydrogens is 432 g/mol. The molecule has 2 aliphatic rings. The Morgan fingerprint density at radius 2 is 1.76 bits per heavy atom. The van der Waals surface area contributed by atoms with Crippen LogP contribution in [0.5, 0.6) is 11.5 Å². The lowest BCUT2D eigenvalue weighted by Crippen LogP contribution is -2.46. The number of carbonyl (C=O) groups is 1. The van der Waals surface area contributed by atoms with Crippen LogP contribution in [0.4, 0.5) is 5.69 Å². The largest absolute Gasteiger partial charge is 0.486 e. The molecule has 0 aliphatic carbocycles. The summed E-state index contributed by atoms with van der Waals surface area (Å²) in [5.41, 5.74) is 3.65. The summed E-state index contributed by atoms with van der Waals surface area (Å²) in [4.78, 5) is 21.4. The molecule has 0 unspecified atom stereocenters. The molecule has 1 aromatic heterocycles. The number of hydrogen-bond acceptors (Lipinski definition) is 7. The van der Waals surface area contributed by atoms with Gasteiger partial charge in [0, 0.05) is 44.5 Å². The second kappa shape index (κ2) is 10.3. The van der Waals surface area contributed by atoms with E-state index in [9.17, 15) is 4.79 Å². The number of fused-ring (bicyclic) bond motifs is 2. The molecule has 180 valence electrons. The molecule has 34 heavy (non-hydrogen) atoms. The maximum atomic E-state index is 11.9. The van der Waals surface area contributed by atoms with E-state index in [-0.39, 0.29) is 5.97 Å². The van der Waals surface area contributed by atoms with Crippen LogP contribution >= 0.6 is 0 Å². The fourth-order valence-corrected chi connectivity index (χ4v) is 4.66. The molecule has 3 heterocycles. The van der Waals surface area contributed by atoms with Gasteiger partial charge >= 0.3 is 5.97 Å². The van der Waals surface area contributed by atoms with Crippen molar-refractivity contribution in [3.8, 4) is 11.5 Å². The lowest BCUT2D eigenvalue weighted by atomic mass is 10.2. The predicted molar refractivity (Wildman–Crippen MR) is 131 cm³/mol. The van der Waals surface area contributed by atoms with E-state index in [1.165, 1.54) is 5.69 Å². The number of carbonyl (C=O) groups excluding carboxylic acids is 1. The average Bonchev–Trinajstić information content (AvgIpc) is 3.29. The van der Waals surface area contributed by atoms with Crippen molar-refractivity contribution >= 4 is 22.7 Å². The van der Waals surface area contributed by atoms with E-state index in [4.69, 9.17) is 14.2 Å². The van der Waals surface area contributed by atoms with Crippen LogP contribution in [0, 0.1) is 0 Å². The van der Waals surface area contributed by atoms with Crippen molar-refractivity contribution in [2.75, 3.05) is 57.4 Å². The van der Waals surface area contributed by atoms with Gasteiger partial charge in [-0.25, -0.2) is 9.78 Å². The second-order valence-corrected chi connectivity index (χ2v) is 8.73. The number of piperazine rings is 1. The Morgan fingerprint density at radius 1 is 0.971 bits per heavy atom. The van der Waals surface area contributed by atoms with Gasteiger partial charge in [0.1, 0.15) is 13.2 Å². The van der Waals surface area contributed by atoms with E-state index in [1.54, 1.807) is 0 Å². The number of esters is 1. The fraction of sp³-hybridized carbons (Fsp3) is 0.462. The minimum absolute atomic E-state index is 0.298. The number of aromatic nitrogens is 2. The third kappa shape index (κ3) is 4.97. The number of unbranched alkanes of at least 4 members (excludes halogenated alkanes) is 1. The molecule has 8 heteroatoms. The van der Waals surface area contributed by atoms with Gasteiger partial charge in [-0.05, 0) is 56.6 Å². The number of nitrogens with zero attached hydrogens (tertiary/aromatic N) is 4. The van der Waals surface area contributed by atoms with Gasteiger partial charge in [0.15, 0.2) is 11.5 Å². The van der Waals surface area contributed by atoms with Crippen LogP contribution in [0.2, 0.25) is 0 Å². The zero-order valence-corrected chi connectivity index (χ0v) is 19.7. The summed E-state index contributed by atoms with van der Waals surface area (Å²) in [6.07, 6.45) is 4.10. The molecule has 1 saturated heterocycles. The Kier molecular flexibility index (Phi) is 6.85. The molecule has 0 radical (unpaired) electrons. The van der Waals surface area contributed by atoms with Crippen molar-refractivity contribution in [3.05, 3.63) is 48.3 Å². The zero-order valence-electron chi connectivity index (χ0n) is 19.7. The smallest absolute Gasteiger partial charge is 0.338 e. The summed E-state index contributed by atoms with van der Waals surface area (Å²) in [5, 5.41) is 0. The quantitative estimate of drug-likeness (QED) is 0.373. The molecule has 8 nitrogen and oxygen atoms in total. The summed E-state index contributed by atoms with van der Waals surface area (Å²) < 4.78 is 18.6. The van der Waals surface area contributed by atoms with E-state index in [0.29, 0.717) is 25.4 Å². The standard InChI is InChI=1S/C26H32N4O4/c1-2-32-26(31)20-5-7-23-22(17-20)27-19-30(23)10-4-3-9-28-11-13-29(14-12-28)21-6-8-24-25(18-21)34-16-15-33-24/h5-8,17-19H,2-4,9-16H2,1H3. The summed E-state index contributed by atoms with van der Waals surface area (Å²) in [6.45, 7) is 9.64. The highest BCUT2D eigenvalue weighted by Crippen LogP contribution is 2.34. The van der Waals surface area contributed by atoms with Crippen LogP contribution < -0.4 is 14.4 Å². The highest BCUT2D eigenvalue weighted by Gasteiger charge is 2.19. The van der Waals surface area contributed by atoms with Gasteiger partial charge in [0.25, 0.3) is 0 Å². The maximum Gasteiger partial charge on any atom is 0.338 e. The normalized spacial score (nSPS) is 16.1. The first-order valence-electron chi connectivity index (χ1n) is 12.2. The monoisotopic (exact) mass is 464 g/mol. The zero-order chi connectivity index (χ0) is 23.3. The van der Waals surface area contributed by atoms with Gasteiger partial charge < -0.3 is 23.7 Å². The molecule has 0 amide bonds. The Balaban J connectivity index is 1.07. The van der Waals surface area contributed by atoms with E-state index >= 15 is 0 Å². The summed E-state index contributed by atoms with van der Waals surface area (Å²) in [5.74, 6) is 1.40. The topological polar surface area (TPSA) is 69.1 Å². The van der Waals surface area contributed by atoms with Gasteiger partial charge in [-0.2, -0.15) is 0 Å². The van der Waals surface area contributed by atoms with Crippen LogP contribution in [0.1, 0.15) is 30.1 Å². The number of anilines is 1. The van der Waals surface area contributed by atoms with E-state index in [2.05, 4.69) is 31.5 Å². The minimum atomic E-state index is -0.298. The molecule has 2 aromatic carbocycles. The highest BCUT2D eigenvalue weighted by atomic mass is 16.6. The predicted octanol–water partition coefficient (Wildman–Crippen LogP) is 3.59. The number of aryl methyl sites for hydroxylation is 1.